The molecule has 16 heavy (non-hydrogen) atoms. The van der Waals surface area contributed by atoms with E-state index in [1.54, 1.807) is 7.05 Å². The molecule has 3 unspecified atom stereocenters. The molecule has 92 valence electrons. The molecule has 1 amide bonds. The number of carbonyl (C=O) groups is 1. The summed E-state index contributed by atoms with van der Waals surface area (Å²) >= 11 is 0. The zero-order valence-corrected chi connectivity index (χ0v) is 10.3. The number of hydrogen-bond donors (Lipinski definition) is 2. The molecule has 0 aliphatic carbocycles. The van der Waals surface area contributed by atoms with Gasteiger partial charge in [0.05, 0.1) is 0 Å². The Bertz CT molecular complexity index is 257. The van der Waals surface area contributed by atoms with Gasteiger partial charge in [0, 0.05) is 38.1 Å². The molecule has 3 atom stereocenters. The molecule has 2 heterocycles. The Morgan fingerprint density at radius 1 is 1.44 bits per heavy atom. The molecule has 0 radical (unpaired) electrons. The average Bonchev–Trinajstić information content (AvgIpc) is 2.82. The number of amides is 1. The number of rotatable bonds is 4. The van der Waals surface area contributed by atoms with Crippen LogP contribution in [0.5, 0.6) is 0 Å². The van der Waals surface area contributed by atoms with Crippen LogP contribution in [0.4, 0.5) is 0 Å². The van der Waals surface area contributed by atoms with Gasteiger partial charge in [0.15, 0.2) is 0 Å². The normalized spacial score (nSPS) is 31.4. The van der Waals surface area contributed by atoms with Crippen molar-refractivity contribution in [3.8, 4) is 0 Å². The van der Waals surface area contributed by atoms with Gasteiger partial charge in [-0.15, -0.1) is 0 Å². The molecule has 0 saturated carbocycles. The van der Waals surface area contributed by atoms with Crippen molar-refractivity contribution >= 4 is 5.91 Å². The Hall–Kier alpha value is -0.610. The number of fused-ring (bicyclic) bond motifs is 1. The van der Waals surface area contributed by atoms with Crippen molar-refractivity contribution in [1.82, 2.24) is 15.5 Å². The maximum Gasteiger partial charge on any atom is 0.221 e. The highest BCUT2D eigenvalue weighted by Gasteiger charge is 2.37. The lowest BCUT2D eigenvalue weighted by molar-refractivity contribution is -0.121. The summed E-state index contributed by atoms with van der Waals surface area (Å²) in [5.74, 6) is 0.126. The average molecular weight is 225 g/mol. The second kappa shape index (κ2) is 5.15. The molecule has 4 nitrogen and oxygen atoms in total. The van der Waals surface area contributed by atoms with Gasteiger partial charge in [-0.3, -0.25) is 9.69 Å². The van der Waals surface area contributed by atoms with Gasteiger partial charge in [0.25, 0.3) is 0 Å². The summed E-state index contributed by atoms with van der Waals surface area (Å²) < 4.78 is 0. The van der Waals surface area contributed by atoms with Crippen LogP contribution in [0.3, 0.4) is 0 Å². The molecule has 2 aliphatic heterocycles. The van der Waals surface area contributed by atoms with E-state index in [1.807, 2.05) is 0 Å². The lowest BCUT2D eigenvalue weighted by Crippen LogP contribution is -2.44. The smallest absolute Gasteiger partial charge is 0.221 e. The lowest BCUT2D eigenvalue weighted by Gasteiger charge is -2.24. The standard InChI is InChI=1S/C12H23N3O/c1-9(8-12(16)13-2)14-10-5-7-15-6-3-4-11(10)15/h9-11,14H,3-8H2,1-2H3,(H,13,16). The second-order valence-corrected chi connectivity index (χ2v) is 5.09. The van der Waals surface area contributed by atoms with Crippen molar-refractivity contribution in [2.75, 3.05) is 20.1 Å². The molecule has 0 bridgehead atoms. The quantitative estimate of drug-likeness (QED) is 0.725. The minimum atomic E-state index is 0.126. The van der Waals surface area contributed by atoms with Crippen molar-refractivity contribution in [1.29, 1.82) is 0 Å². The van der Waals surface area contributed by atoms with Gasteiger partial charge in [-0.2, -0.15) is 0 Å². The topological polar surface area (TPSA) is 44.4 Å². The van der Waals surface area contributed by atoms with Gasteiger partial charge in [-0.05, 0) is 32.7 Å². The van der Waals surface area contributed by atoms with E-state index in [4.69, 9.17) is 0 Å². The van der Waals surface area contributed by atoms with Crippen molar-refractivity contribution in [3.05, 3.63) is 0 Å². The van der Waals surface area contributed by atoms with Gasteiger partial charge in [0.2, 0.25) is 5.91 Å². The lowest BCUT2D eigenvalue weighted by atomic mass is 10.0. The van der Waals surface area contributed by atoms with Crippen LogP contribution in [0.15, 0.2) is 0 Å². The predicted octanol–water partition coefficient (Wildman–Crippen LogP) is 0.337. The molecule has 0 aromatic heterocycles. The Morgan fingerprint density at radius 2 is 2.25 bits per heavy atom. The summed E-state index contributed by atoms with van der Waals surface area (Å²) in [6.45, 7) is 4.61. The van der Waals surface area contributed by atoms with Gasteiger partial charge >= 0.3 is 0 Å². The Balaban J connectivity index is 1.78. The first kappa shape index (κ1) is 11.9. The summed E-state index contributed by atoms with van der Waals surface area (Å²) in [6.07, 6.45) is 4.49. The van der Waals surface area contributed by atoms with E-state index in [0.717, 1.165) is 6.04 Å². The molecule has 0 spiro atoms. The van der Waals surface area contributed by atoms with E-state index in [1.165, 1.54) is 32.4 Å². The fourth-order valence-corrected chi connectivity index (χ4v) is 3.08. The molecular formula is C12H23N3O. The van der Waals surface area contributed by atoms with Crippen LogP contribution in [0, 0.1) is 0 Å². The first-order chi connectivity index (χ1) is 7.70. The monoisotopic (exact) mass is 225 g/mol. The van der Waals surface area contributed by atoms with Crippen LogP contribution in [-0.2, 0) is 4.79 Å². The molecule has 0 aromatic rings. The Morgan fingerprint density at radius 3 is 3.00 bits per heavy atom. The van der Waals surface area contributed by atoms with E-state index < -0.39 is 0 Å². The van der Waals surface area contributed by atoms with Crippen LogP contribution >= 0.6 is 0 Å². The molecule has 0 aromatic carbocycles. The molecule has 2 rings (SSSR count). The van der Waals surface area contributed by atoms with E-state index in [-0.39, 0.29) is 11.9 Å². The van der Waals surface area contributed by atoms with E-state index >= 15 is 0 Å². The van der Waals surface area contributed by atoms with Crippen molar-refractivity contribution < 1.29 is 4.79 Å². The maximum absolute atomic E-state index is 11.3. The third-order valence-corrected chi connectivity index (χ3v) is 3.88. The maximum atomic E-state index is 11.3. The van der Waals surface area contributed by atoms with Crippen LogP contribution in [-0.4, -0.2) is 49.1 Å². The summed E-state index contributed by atoms with van der Waals surface area (Å²) in [4.78, 5) is 13.8. The van der Waals surface area contributed by atoms with Gasteiger partial charge in [-0.1, -0.05) is 0 Å². The van der Waals surface area contributed by atoms with E-state index in [0.29, 0.717) is 12.5 Å². The summed E-state index contributed by atoms with van der Waals surface area (Å²) in [5.41, 5.74) is 0. The summed E-state index contributed by atoms with van der Waals surface area (Å²) in [7, 11) is 1.70. The minimum absolute atomic E-state index is 0.126. The van der Waals surface area contributed by atoms with Crippen molar-refractivity contribution in [3.63, 3.8) is 0 Å². The molecule has 4 heteroatoms. The van der Waals surface area contributed by atoms with E-state index in [2.05, 4.69) is 22.5 Å². The number of carbonyl (C=O) groups excluding carboxylic acids is 1. The van der Waals surface area contributed by atoms with Crippen molar-refractivity contribution in [2.45, 2.75) is 50.7 Å². The fourth-order valence-electron chi connectivity index (χ4n) is 3.08. The Kier molecular flexibility index (Phi) is 3.82. The second-order valence-electron chi connectivity index (χ2n) is 5.09. The highest BCUT2D eigenvalue weighted by Crippen LogP contribution is 2.28. The first-order valence-electron chi connectivity index (χ1n) is 6.41. The third kappa shape index (κ3) is 2.55. The molecule has 2 N–H and O–H groups in total. The van der Waals surface area contributed by atoms with Crippen LogP contribution in [0.2, 0.25) is 0 Å². The molecule has 2 aliphatic rings. The minimum Gasteiger partial charge on any atom is -0.359 e. The van der Waals surface area contributed by atoms with E-state index in [9.17, 15) is 4.79 Å². The Labute approximate surface area is 97.8 Å². The first-order valence-corrected chi connectivity index (χ1v) is 6.41. The number of nitrogens with one attached hydrogen (secondary N) is 2. The number of hydrogen-bond acceptors (Lipinski definition) is 3. The zero-order chi connectivity index (χ0) is 11.5. The summed E-state index contributed by atoms with van der Waals surface area (Å²) in [6, 6.07) is 1.61. The van der Waals surface area contributed by atoms with Gasteiger partial charge in [-0.25, -0.2) is 0 Å². The largest absolute Gasteiger partial charge is 0.359 e. The van der Waals surface area contributed by atoms with Crippen LogP contribution in [0.1, 0.15) is 32.6 Å². The zero-order valence-electron chi connectivity index (χ0n) is 10.3. The van der Waals surface area contributed by atoms with Crippen molar-refractivity contribution in [2.24, 2.45) is 0 Å². The fraction of sp³-hybridized carbons (Fsp3) is 0.917. The highest BCUT2D eigenvalue weighted by atomic mass is 16.1. The molecular weight excluding hydrogens is 202 g/mol. The SMILES string of the molecule is CNC(=O)CC(C)NC1CCN2CCCC12. The predicted molar refractivity (Wildman–Crippen MR) is 64.3 cm³/mol. The highest BCUT2D eigenvalue weighted by molar-refractivity contribution is 5.76. The molecule has 2 fully saturated rings. The molecule has 2 saturated heterocycles. The van der Waals surface area contributed by atoms with Crippen LogP contribution in [0.25, 0.3) is 0 Å². The van der Waals surface area contributed by atoms with Gasteiger partial charge < -0.3 is 10.6 Å². The number of nitrogens with zero attached hydrogens (tertiary/aromatic N) is 1. The third-order valence-electron chi connectivity index (χ3n) is 3.88. The van der Waals surface area contributed by atoms with Crippen LogP contribution < -0.4 is 10.6 Å². The van der Waals surface area contributed by atoms with Gasteiger partial charge in [0.1, 0.15) is 0 Å². The summed E-state index contributed by atoms with van der Waals surface area (Å²) in [5, 5.41) is 6.29.